The van der Waals surface area contributed by atoms with E-state index in [-0.39, 0.29) is 23.7 Å². The Bertz CT molecular complexity index is 682. The highest BCUT2D eigenvalue weighted by atomic mass is 35.5. The summed E-state index contributed by atoms with van der Waals surface area (Å²) in [4.78, 5) is 12.4. The van der Waals surface area contributed by atoms with E-state index in [2.05, 4.69) is 19.2 Å². The summed E-state index contributed by atoms with van der Waals surface area (Å²) in [7, 11) is 1.65. The van der Waals surface area contributed by atoms with E-state index in [1.807, 2.05) is 55.5 Å². The van der Waals surface area contributed by atoms with Crippen LogP contribution in [0.15, 0.2) is 48.5 Å². The van der Waals surface area contributed by atoms with Crippen LogP contribution in [0.5, 0.6) is 5.75 Å². The molecule has 0 fully saturated rings. The molecule has 0 aromatic heterocycles. The lowest BCUT2D eigenvalue weighted by Gasteiger charge is -2.26. The highest BCUT2D eigenvalue weighted by molar-refractivity contribution is 5.85. The van der Waals surface area contributed by atoms with Gasteiger partial charge in [0.25, 0.3) is 0 Å². The summed E-state index contributed by atoms with van der Waals surface area (Å²) in [5, 5.41) is 2.97. The average Bonchev–Trinajstić information content (AvgIpc) is 2.60. The van der Waals surface area contributed by atoms with Gasteiger partial charge in [0.05, 0.1) is 7.11 Å². The predicted octanol–water partition coefficient (Wildman–Crippen LogP) is 3.52. The Morgan fingerprint density at radius 3 is 2.20 bits per heavy atom. The van der Waals surface area contributed by atoms with Crippen molar-refractivity contribution in [1.29, 1.82) is 0 Å². The molecule has 3 N–H and O–H groups in total. The fourth-order valence-electron chi connectivity index (χ4n) is 2.49. The summed E-state index contributed by atoms with van der Waals surface area (Å²) < 4.78 is 5.18. The van der Waals surface area contributed by atoms with E-state index in [1.165, 1.54) is 0 Å². The molecule has 1 unspecified atom stereocenters. The minimum atomic E-state index is -0.655. The van der Waals surface area contributed by atoms with Crippen LogP contribution < -0.4 is 15.8 Å². The first-order valence-corrected chi connectivity index (χ1v) is 8.08. The Morgan fingerprint density at radius 2 is 1.68 bits per heavy atom. The molecule has 2 rings (SSSR count). The third kappa shape index (κ3) is 5.48. The van der Waals surface area contributed by atoms with Crippen LogP contribution in [0.1, 0.15) is 36.6 Å². The summed E-state index contributed by atoms with van der Waals surface area (Å²) in [6.45, 7) is 6.70. The van der Waals surface area contributed by atoms with Gasteiger partial charge in [0.15, 0.2) is 0 Å². The molecule has 4 nitrogen and oxygen atoms in total. The van der Waals surface area contributed by atoms with E-state index in [0.29, 0.717) is 6.54 Å². The molecule has 0 aliphatic carbocycles. The highest BCUT2D eigenvalue weighted by Crippen LogP contribution is 2.24. The maximum absolute atomic E-state index is 12.4. The molecule has 2 aromatic carbocycles. The Morgan fingerprint density at radius 1 is 1.12 bits per heavy atom. The van der Waals surface area contributed by atoms with Gasteiger partial charge in [-0.2, -0.15) is 0 Å². The van der Waals surface area contributed by atoms with Crippen molar-refractivity contribution in [3.05, 3.63) is 65.2 Å². The second-order valence-corrected chi connectivity index (χ2v) is 6.72. The minimum absolute atomic E-state index is 0. The molecule has 0 radical (unpaired) electrons. The van der Waals surface area contributed by atoms with Crippen LogP contribution in [0.3, 0.4) is 0 Å². The number of carbonyl (C=O) groups is 1. The summed E-state index contributed by atoms with van der Waals surface area (Å²) in [6.07, 6.45) is 0. The number of methoxy groups -OCH3 is 1. The molecule has 0 aliphatic rings. The topological polar surface area (TPSA) is 64.3 Å². The lowest BCUT2D eigenvalue weighted by Crippen LogP contribution is -2.41. The van der Waals surface area contributed by atoms with E-state index in [9.17, 15) is 4.79 Å². The molecule has 5 heteroatoms. The van der Waals surface area contributed by atoms with E-state index < -0.39 is 6.04 Å². The van der Waals surface area contributed by atoms with Gasteiger partial charge in [-0.25, -0.2) is 0 Å². The van der Waals surface area contributed by atoms with Crippen molar-refractivity contribution in [2.45, 2.75) is 32.2 Å². The molecule has 1 amide bonds. The molecule has 25 heavy (non-hydrogen) atoms. The molecule has 2 aromatic rings. The Kier molecular flexibility index (Phi) is 7.46. The number of benzene rings is 2. The van der Waals surface area contributed by atoms with E-state index in [4.69, 9.17) is 10.5 Å². The number of ether oxygens (including phenoxy) is 1. The molecular weight excluding hydrogens is 336 g/mol. The van der Waals surface area contributed by atoms with Gasteiger partial charge in [-0.15, -0.1) is 12.4 Å². The number of nitrogens with one attached hydrogen (secondary N) is 1. The molecule has 1 atom stereocenters. The lowest BCUT2D eigenvalue weighted by atomic mass is 9.84. The normalized spacial score (nSPS) is 12.0. The van der Waals surface area contributed by atoms with Crippen molar-refractivity contribution in [3.8, 4) is 5.75 Å². The van der Waals surface area contributed by atoms with Crippen molar-refractivity contribution in [1.82, 2.24) is 5.32 Å². The summed E-state index contributed by atoms with van der Waals surface area (Å²) >= 11 is 0. The number of aryl methyl sites for hydroxylation is 1. The van der Waals surface area contributed by atoms with E-state index in [0.717, 1.165) is 22.4 Å². The van der Waals surface area contributed by atoms with E-state index >= 15 is 0 Å². The zero-order valence-corrected chi connectivity index (χ0v) is 16.0. The fraction of sp³-hybridized carbons (Fsp3) is 0.350. The molecule has 136 valence electrons. The third-order valence-electron chi connectivity index (χ3n) is 4.29. The standard InChI is InChI=1S/C20H26N2O2.ClH/c1-14-5-7-15(8-6-14)18(21)19(23)22-13-20(2,3)16-9-11-17(24-4)12-10-16;/h5-12,18H,13,21H2,1-4H3,(H,22,23);1H. The molecular formula is C20H27ClN2O2. The van der Waals surface area contributed by atoms with Crippen LogP contribution in [0.4, 0.5) is 0 Å². The van der Waals surface area contributed by atoms with Crippen LogP contribution in [-0.4, -0.2) is 19.6 Å². The molecule has 0 aliphatic heterocycles. The van der Waals surface area contributed by atoms with Gasteiger partial charge >= 0.3 is 0 Å². The van der Waals surface area contributed by atoms with Gasteiger partial charge in [0.1, 0.15) is 11.8 Å². The quantitative estimate of drug-likeness (QED) is 0.826. The van der Waals surface area contributed by atoms with Crippen molar-refractivity contribution >= 4 is 18.3 Å². The first-order valence-electron chi connectivity index (χ1n) is 8.08. The number of hydrogen-bond donors (Lipinski definition) is 2. The van der Waals surface area contributed by atoms with Gasteiger partial charge in [-0.05, 0) is 30.2 Å². The van der Waals surface area contributed by atoms with E-state index in [1.54, 1.807) is 7.11 Å². The second-order valence-electron chi connectivity index (χ2n) is 6.72. The SMILES string of the molecule is COc1ccc(C(C)(C)CNC(=O)C(N)c2ccc(C)cc2)cc1.Cl. The Hall–Kier alpha value is -2.04. The molecule has 0 spiro atoms. The largest absolute Gasteiger partial charge is 0.497 e. The van der Waals surface area contributed by atoms with Crippen LogP contribution in [0.2, 0.25) is 0 Å². The first-order chi connectivity index (χ1) is 11.3. The van der Waals surface area contributed by atoms with Crippen molar-refractivity contribution in [2.75, 3.05) is 13.7 Å². The first kappa shape index (κ1) is 21.0. The molecule has 0 heterocycles. The van der Waals surface area contributed by atoms with Gasteiger partial charge in [0, 0.05) is 12.0 Å². The smallest absolute Gasteiger partial charge is 0.241 e. The zero-order valence-electron chi connectivity index (χ0n) is 15.2. The summed E-state index contributed by atoms with van der Waals surface area (Å²) in [5.41, 5.74) is 8.96. The van der Waals surface area contributed by atoms with Gasteiger partial charge in [-0.3, -0.25) is 4.79 Å². The summed E-state index contributed by atoms with van der Waals surface area (Å²) in [6, 6.07) is 15.0. The van der Waals surface area contributed by atoms with Crippen LogP contribution in [0.25, 0.3) is 0 Å². The number of amides is 1. The van der Waals surface area contributed by atoms with Crippen molar-refractivity contribution in [3.63, 3.8) is 0 Å². The van der Waals surface area contributed by atoms with Crippen molar-refractivity contribution in [2.24, 2.45) is 5.73 Å². The number of carbonyl (C=O) groups excluding carboxylic acids is 1. The van der Waals surface area contributed by atoms with Gasteiger partial charge < -0.3 is 15.8 Å². The minimum Gasteiger partial charge on any atom is -0.497 e. The monoisotopic (exact) mass is 362 g/mol. The van der Waals surface area contributed by atoms with Crippen LogP contribution in [0, 0.1) is 6.92 Å². The fourth-order valence-corrected chi connectivity index (χ4v) is 2.49. The summed E-state index contributed by atoms with van der Waals surface area (Å²) in [5.74, 6) is 0.653. The maximum atomic E-state index is 12.4. The molecule has 0 saturated heterocycles. The highest BCUT2D eigenvalue weighted by Gasteiger charge is 2.23. The van der Waals surface area contributed by atoms with Crippen LogP contribution in [-0.2, 0) is 10.2 Å². The number of nitrogens with two attached hydrogens (primary N) is 1. The lowest BCUT2D eigenvalue weighted by molar-refractivity contribution is -0.122. The zero-order chi connectivity index (χ0) is 17.7. The Labute approximate surface area is 156 Å². The number of halogens is 1. The predicted molar refractivity (Wildman–Crippen MR) is 104 cm³/mol. The van der Waals surface area contributed by atoms with Gasteiger partial charge in [0.2, 0.25) is 5.91 Å². The van der Waals surface area contributed by atoms with Gasteiger partial charge in [-0.1, -0.05) is 55.8 Å². The number of rotatable bonds is 6. The Balaban J connectivity index is 0.00000312. The van der Waals surface area contributed by atoms with Crippen molar-refractivity contribution < 1.29 is 9.53 Å². The molecule has 0 saturated carbocycles. The second kappa shape index (κ2) is 8.88. The third-order valence-corrected chi connectivity index (χ3v) is 4.29. The molecule has 0 bridgehead atoms. The van der Waals surface area contributed by atoms with Crippen LogP contribution >= 0.6 is 12.4 Å². The number of hydrogen-bond acceptors (Lipinski definition) is 3. The maximum Gasteiger partial charge on any atom is 0.241 e. The average molecular weight is 363 g/mol.